The van der Waals surface area contributed by atoms with Gasteiger partial charge in [-0.05, 0) is 69.9 Å². The molecule has 0 aliphatic carbocycles. The second-order valence-electron chi connectivity index (χ2n) is 15.2. The molecule has 2 heterocycles. The smallest absolute Gasteiger partial charge is 0.143 e. The largest absolute Gasteiger partial charge is 0.455 e. The van der Waals surface area contributed by atoms with Gasteiger partial charge in [0.1, 0.15) is 22.3 Å². The van der Waals surface area contributed by atoms with Crippen molar-refractivity contribution in [2.24, 2.45) is 0 Å². The van der Waals surface area contributed by atoms with Crippen LogP contribution >= 0.6 is 0 Å². The van der Waals surface area contributed by atoms with E-state index in [4.69, 9.17) is 8.83 Å². The van der Waals surface area contributed by atoms with E-state index >= 15 is 0 Å². The minimum Gasteiger partial charge on any atom is -0.455 e. The third-order valence-electron chi connectivity index (χ3n) is 11.8. The Labute approximate surface area is 340 Å². The highest BCUT2D eigenvalue weighted by Crippen LogP contribution is 2.46. The quantitative estimate of drug-likeness (QED) is 0.169. The highest BCUT2D eigenvalue weighted by atomic mass is 16.3. The molecule has 0 amide bonds. The first-order chi connectivity index (χ1) is 29.3. The van der Waals surface area contributed by atoms with E-state index in [1.54, 1.807) is 0 Å². The van der Waals surface area contributed by atoms with E-state index in [-0.39, 0.29) is 0 Å². The fourth-order valence-electron chi connectivity index (χ4n) is 9.10. The van der Waals surface area contributed by atoms with Gasteiger partial charge in [-0.25, -0.2) is 0 Å². The van der Waals surface area contributed by atoms with E-state index < -0.39 is 0 Å². The fourth-order valence-corrected chi connectivity index (χ4v) is 9.10. The standard InChI is InChI=1S/C56H35NO2/c1-2-14-37(15-3-1)45-24-12-26-47-48-27-13-25-46(56(48)59-55(45)47)39-19-10-20-41(34-39)57(52-29-11-18-36-16-4-6-21-42(36)52)51-28-9-8-22-43(51)40-31-33-53-50(35-40)49-32-30-38-17-5-7-23-44(38)54(49)58-53/h1-35H. The van der Waals surface area contributed by atoms with Crippen LogP contribution in [-0.4, -0.2) is 0 Å². The minimum atomic E-state index is 0.881. The molecule has 0 saturated carbocycles. The van der Waals surface area contributed by atoms with Crippen LogP contribution in [0.4, 0.5) is 17.1 Å². The number of furan rings is 2. The summed E-state index contributed by atoms with van der Waals surface area (Å²) in [5, 5.41) is 9.09. The predicted molar refractivity (Wildman–Crippen MR) is 247 cm³/mol. The van der Waals surface area contributed by atoms with Crippen molar-refractivity contribution in [3.63, 3.8) is 0 Å². The highest BCUT2D eigenvalue weighted by Gasteiger charge is 2.22. The molecule has 2 aromatic heterocycles. The van der Waals surface area contributed by atoms with Gasteiger partial charge in [0.05, 0.1) is 11.4 Å². The molecule has 0 aliphatic heterocycles. The Kier molecular flexibility index (Phi) is 7.54. The molecular weight excluding hydrogens is 719 g/mol. The lowest BCUT2D eigenvalue weighted by Gasteiger charge is -2.29. The van der Waals surface area contributed by atoms with Crippen LogP contribution < -0.4 is 4.90 Å². The van der Waals surface area contributed by atoms with E-state index in [1.807, 2.05) is 0 Å². The summed E-state index contributed by atoms with van der Waals surface area (Å²) >= 11 is 0. The van der Waals surface area contributed by atoms with Crippen molar-refractivity contribution in [2.45, 2.75) is 0 Å². The van der Waals surface area contributed by atoms with Crippen molar-refractivity contribution < 1.29 is 8.83 Å². The summed E-state index contributed by atoms with van der Waals surface area (Å²) in [6, 6.07) is 75.7. The highest BCUT2D eigenvalue weighted by molar-refractivity contribution is 6.16. The Morgan fingerprint density at radius 3 is 1.68 bits per heavy atom. The van der Waals surface area contributed by atoms with Crippen molar-refractivity contribution in [1.82, 2.24) is 0 Å². The Morgan fingerprint density at radius 1 is 0.288 bits per heavy atom. The number of benzene rings is 10. The van der Waals surface area contributed by atoms with Gasteiger partial charge in [0.25, 0.3) is 0 Å². The zero-order chi connectivity index (χ0) is 38.9. The van der Waals surface area contributed by atoms with Gasteiger partial charge in [0.15, 0.2) is 0 Å². The van der Waals surface area contributed by atoms with Crippen LogP contribution in [0.15, 0.2) is 221 Å². The molecule has 0 atom stereocenters. The van der Waals surface area contributed by atoms with Gasteiger partial charge in [0, 0.05) is 54.7 Å². The summed E-state index contributed by atoms with van der Waals surface area (Å²) in [7, 11) is 0. The van der Waals surface area contributed by atoms with Crippen molar-refractivity contribution in [3.8, 4) is 33.4 Å². The maximum atomic E-state index is 6.89. The van der Waals surface area contributed by atoms with Crippen molar-refractivity contribution in [1.29, 1.82) is 0 Å². The Hall–Kier alpha value is -7.88. The lowest BCUT2D eigenvalue weighted by Crippen LogP contribution is -2.12. The predicted octanol–water partition coefficient (Wildman–Crippen LogP) is 16.3. The molecule has 3 heteroatoms. The summed E-state index contributed by atoms with van der Waals surface area (Å²) in [5.41, 5.74) is 13.4. The van der Waals surface area contributed by atoms with Crippen molar-refractivity contribution in [2.75, 3.05) is 4.90 Å². The first kappa shape index (κ1) is 33.3. The maximum absolute atomic E-state index is 6.89. The maximum Gasteiger partial charge on any atom is 0.143 e. The van der Waals surface area contributed by atoms with Crippen LogP contribution in [0.25, 0.3) is 98.8 Å². The molecule has 59 heavy (non-hydrogen) atoms. The molecule has 12 rings (SSSR count). The first-order valence-corrected chi connectivity index (χ1v) is 20.1. The lowest BCUT2D eigenvalue weighted by atomic mass is 9.97. The van der Waals surface area contributed by atoms with E-state index in [9.17, 15) is 0 Å². The fraction of sp³-hybridized carbons (Fsp3) is 0. The normalized spacial score (nSPS) is 11.7. The lowest BCUT2D eigenvalue weighted by molar-refractivity contribution is 0.671. The summed E-state index contributed by atoms with van der Waals surface area (Å²) in [6.45, 7) is 0. The van der Waals surface area contributed by atoms with Crippen LogP contribution in [0.5, 0.6) is 0 Å². The van der Waals surface area contributed by atoms with E-state index in [0.717, 1.165) is 99.7 Å². The molecule has 0 N–H and O–H groups in total. The second-order valence-corrected chi connectivity index (χ2v) is 15.2. The summed E-state index contributed by atoms with van der Waals surface area (Å²) < 4.78 is 13.4. The molecule has 10 aromatic carbocycles. The summed E-state index contributed by atoms with van der Waals surface area (Å²) in [4.78, 5) is 2.42. The molecule has 12 aromatic rings. The van der Waals surface area contributed by atoms with E-state index in [1.165, 1.54) is 16.2 Å². The summed E-state index contributed by atoms with van der Waals surface area (Å²) in [6.07, 6.45) is 0. The molecule has 0 bridgehead atoms. The van der Waals surface area contributed by atoms with Crippen LogP contribution in [-0.2, 0) is 0 Å². The van der Waals surface area contributed by atoms with Gasteiger partial charge in [0.2, 0.25) is 0 Å². The number of hydrogen-bond acceptors (Lipinski definition) is 3. The summed E-state index contributed by atoms with van der Waals surface area (Å²) in [5.74, 6) is 0. The van der Waals surface area contributed by atoms with Gasteiger partial charge in [-0.1, -0.05) is 170 Å². The van der Waals surface area contributed by atoms with Gasteiger partial charge < -0.3 is 13.7 Å². The average Bonchev–Trinajstić information content (AvgIpc) is 3.89. The van der Waals surface area contributed by atoms with E-state index in [2.05, 4.69) is 217 Å². The first-order valence-electron chi connectivity index (χ1n) is 20.1. The van der Waals surface area contributed by atoms with Gasteiger partial charge in [-0.15, -0.1) is 0 Å². The molecule has 0 fully saturated rings. The number of anilines is 3. The van der Waals surface area contributed by atoms with E-state index in [0.29, 0.717) is 0 Å². The van der Waals surface area contributed by atoms with Crippen LogP contribution in [0.1, 0.15) is 0 Å². The molecular formula is C56H35NO2. The van der Waals surface area contributed by atoms with Gasteiger partial charge in [-0.2, -0.15) is 0 Å². The van der Waals surface area contributed by atoms with Crippen LogP contribution in [0.3, 0.4) is 0 Å². The van der Waals surface area contributed by atoms with Crippen LogP contribution in [0, 0.1) is 0 Å². The number of fused-ring (bicyclic) bond motifs is 9. The molecule has 0 saturated heterocycles. The monoisotopic (exact) mass is 753 g/mol. The van der Waals surface area contributed by atoms with Crippen molar-refractivity contribution >= 4 is 82.5 Å². The molecule has 0 spiro atoms. The SMILES string of the molecule is c1ccc(-c2cccc3c2oc2c(-c4cccc(N(c5ccccc5-c5ccc6oc7c8ccccc8ccc7c6c5)c5cccc6ccccc56)c4)cccc23)cc1. The zero-order valence-electron chi connectivity index (χ0n) is 32.0. The molecule has 0 aliphatic rings. The number of para-hydroxylation sites is 3. The molecule has 276 valence electrons. The number of rotatable bonds is 6. The Balaban J connectivity index is 1.05. The van der Waals surface area contributed by atoms with Crippen molar-refractivity contribution in [3.05, 3.63) is 212 Å². The average molecular weight is 754 g/mol. The molecule has 0 radical (unpaired) electrons. The zero-order valence-corrected chi connectivity index (χ0v) is 32.0. The van der Waals surface area contributed by atoms with Gasteiger partial charge >= 0.3 is 0 Å². The minimum absolute atomic E-state index is 0.881. The number of hydrogen-bond donors (Lipinski definition) is 0. The molecule has 0 unspecified atom stereocenters. The second kappa shape index (κ2) is 13.4. The molecule has 3 nitrogen and oxygen atoms in total. The van der Waals surface area contributed by atoms with Crippen LogP contribution in [0.2, 0.25) is 0 Å². The van der Waals surface area contributed by atoms with Gasteiger partial charge in [-0.3, -0.25) is 0 Å². The number of nitrogens with zero attached hydrogens (tertiary/aromatic N) is 1. The third kappa shape index (κ3) is 5.36. The topological polar surface area (TPSA) is 29.5 Å². The third-order valence-corrected chi connectivity index (χ3v) is 11.8. The Bertz CT molecular complexity index is 3570. The Morgan fingerprint density at radius 2 is 0.847 bits per heavy atom.